The van der Waals surface area contributed by atoms with Crippen LogP contribution in [0.25, 0.3) is 0 Å². The van der Waals surface area contributed by atoms with Crippen LogP contribution in [0.5, 0.6) is 17.2 Å². The average molecular weight is 382 g/mol. The summed E-state index contributed by atoms with van der Waals surface area (Å²) in [6.07, 6.45) is 0. The van der Waals surface area contributed by atoms with E-state index in [1.54, 1.807) is 37.4 Å². The van der Waals surface area contributed by atoms with Crippen LogP contribution in [0.3, 0.4) is 0 Å². The fourth-order valence-corrected chi connectivity index (χ4v) is 2.83. The summed E-state index contributed by atoms with van der Waals surface area (Å²) in [5.74, 6) is 1.41. The largest absolute Gasteiger partial charge is 0.497 e. The predicted molar refractivity (Wildman–Crippen MR) is 107 cm³/mol. The lowest BCUT2D eigenvalue weighted by Crippen LogP contribution is -2.27. The molecule has 0 fully saturated rings. The Bertz CT molecular complexity index is 928. The van der Waals surface area contributed by atoms with Crippen molar-refractivity contribution in [1.82, 2.24) is 5.32 Å². The summed E-state index contributed by atoms with van der Waals surface area (Å²) in [4.78, 5) is 12.8. The molecule has 0 unspecified atom stereocenters. The van der Waals surface area contributed by atoms with Crippen molar-refractivity contribution < 1.29 is 14.3 Å². The van der Waals surface area contributed by atoms with E-state index in [0.717, 1.165) is 5.56 Å². The highest BCUT2D eigenvalue weighted by Gasteiger charge is 2.17. The van der Waals surface area contributed by atoms with Gasteiger partial charge in [0.1, 0.15) is 17.2 Å². The second kappa shape index (κ2) is 8.60. The first-order valence-corrected chi connectivity index (χ1v) is 8.92. The maximum atomic E-state index is 12.8. The molecule has 1 amide bonds. The van der Waals surface area contributed by atoms with E-state index in [9.17, 15) is 4.79 Å². The van der Waals surface area contributed by atoms with Gasteiger partial charge in [-0.1, -0.05) is 48.0 Å². The quantitative estimate of drug-likeness (QED) is 0.601. The van der Waals surface area contributed by atoms with Crippen molar-refractivity contribution in [2.24, 2.45) is 0 Å². The van der Waals surface area contributed by atoms with Crippen molar-refractivity contribution in [3.8, 4) is 17.2 Å². The number of nitrogens with one attached hydrogen (secondary N) is 1. The second-order valence-corrected chi connectivity index (χ2v) is 6.46. The molecule has 4 nitrogen and oxygen atoms in total. The highest BCUT2D eigenvalue weighted by atomic mass is 35.5. The lowest BCUT2D eigenvalue weighted by molar-refractivity contribution is 0.0937. The molecule has 0 bridgehead atoms. The maximum Gasteiger partial charge on any atom is 0.255 e. The number of ether oxygens (including phenoxy) is 2. The molecule has 0 aromatic heterocycles. The Kier molecular flexibility index (Phi) is 5.99. The minimum absolute atomic E-state index is 0.151. The first-order chi connectivity index (χ1) is 13.1. The molecular formula is C22H20ClNO3. The Balaban J connectivity index is 1.84. The third-order valence-electron chi connectivity index (χ3n) is 4.10. The zero-order valence-corrected chi connectivity index (χ0v) is 15.9. The minimum atomic E-state index is -0.258. The van der Waals surface area contributed by atoms with Crippen molar-refractivity contribution in [1.29, 1.82) is 0 Å². The average Bonchev–Trinajstić information content (AvgIpc) is 2.70. The van der Waals surface area contributed by atoms with Gasteiger partial charge < -0.3 is 14.8 Å². The molecule has 1 N–H and O–H groups in total. The van der Waals surface area contributed by atoms with E-state index in [1.807, 2.05) is 49.4 Å². The summed E-state index contributed by atoms with van der Waals surface area (Å²) in [6, 6.07) is 21.8. The van der Waals surface area contributed by atoms with Crippen LogP contribution in [0.15, 0.2) is 72.8 Å². The number of rotatable bonds is 6. The molecule has 0 spiro atoms. The van der Waals surface area contributed by atoms with E-state index >= 15 is 0 Å². The molecule has 5 heteroatoms. The van der Waals surface area contributed by atoms with Crippen molar-refractivity contribution in [2.45, 2.75) is 13.0 Å². The van der Waals surface area contributed by atoms with Gasteiger partial charge in [0.2, 0.25) is 0 Å². The van der Waals surface area contributed by atoms with Crippen LogP contribution in [0, 0.1) is 0 Å². The van der Waals surface area contributed by atoms with Crippen LogP contribution in [0.4, 0.5) is 0 Å². The summed E-state index contributed by atoms with van der Waals surface area (Å²) in [5, 5.41) is 3.45. The molecule has 0 aliphatic heterocycles. The Morgan fingerprint density at radius 3 is 2.44 bits per heavy atom. The zero-order valence-electron chi connectivity index (χ0n) is 15.1. The first-order valence-electron chi connectivity index (χ1n) is 8.54. The van der Waals surface area contributed by atoms with Crippen LogP contribution in [0.1, 0.15) is 28.9 Å². The molecule has 138 valence electrons. The van der Waals surface area contributed by atoms with E-state index in [-0.39, 0.29) is 11.9 Å². The maximum absolute atomic E-state index is 12.8. The number of methoxy groups -OCH3 is 1. The summed E-state index contributed by atoms with van der Waals surface area (Å²) in [6.45, 7) is 1.93. The number of hydrogen-bond acceptors (Lipinski definition) is 3. The number of carbonyl (C=O) groups is 1. The van der Waals surface area contributed by atoms with Gasteiger partial charge in [-0.3, -0.25) is 4.79 Å². The Morgan fingerprint density at radius 2 is 1.70 bits per heavy atom. The van der Waals surface area contributed by atoms with E-state index in [4.69, 9.17) is 21.1 Å². The zero-order chi connectivity index (χ0) is 19.2. The smallest absolute Gasteiger partial charge is 0.255 e. The van der Waals surface area contributed by atoms with Gasteiger partial charge in [0, 0.05) is 11.1 Å². The molecule has 3 rings (SSSR count). The molecule has 1 atom stereocenters. The summed E-state index contributed by atoms with van der Waals surface area (Å²) >= 11 is 6.11. The molecule has 3 aromatic rings. The standard InChI is InChI=1S/C22H20ClNO3/c1-15(16-7-4-3-5-8-16)24-22(25)20-13-17(23)11-12-21(20)27-19-10-6-9-18(14-19)26-2/h3-15H,1-2H3,(H,24,25)/t15-/m0/s1. The number of halogens is 1. The Labute approximate surface area is 163 Å². The first kappa shape index (κ1) is 18.8. The molecule has 3 aromatic carbocycles. The molecule has 0 radical (unpaired) electrons. The van der Waals surface area contributed by atoms with Gasteiger partial charge in [-0.2, -0.15) is 0 Å². The van der Waals surface area contributed by atoms with Gasteiger partial charge >= 0.3 is 0 Å². The Morgan fingerprint density at radius 1 is 0.963 bits per heavy atom. The summed E-state index contributed by atoms with van der Waals surface area (Å²) in [5.41, 5.74) is 1.39. The van der Waals surface area contributed by atoms with E-state index in [1.165, 1.54) is 0 Å². The Hall–Kier alpha value is -2.98. The third-order valence-corrected chi connectivity index (χ3v) is 4.34. The monoisotopic (exact) mass is 381 g/mol. The van der Waals surface area contributed by atoms with Crippen molar-refractivity contribution in [3.05, 3.63) is 88.9 Å². The molecule has 0 saturated carbocycles. The van der Waals surface area contributed by atoms with Crippen LogP contribution in [-0.4, -0.2) is 13.0 Å². The van der Waals surface area contributed by atoms with Gasteiger partial charge in [0.25, 0.3) is 5.91 Å². The molecular weight excluding hydrogens is 362 g/mol. The van der Waals surface area contributed by atoms with Crippen LogP contribution < -0.4 is 14.8 Å². The van der Waals surface area contributed by atoms with Gasteiger partial charge in [-0.25, -0.2) is 0 Å². The second-order valence-electron chi connectivity index (χ2n) is 6.03. The highest BCUT2D eigenvalue weighted by Crippen LogP contribution is 2.30. The highest BCUT2D eigenvalue weighted by molar-refractivity contribution is 6.31. The summed E-state index contributed by atoms with van der Waals surface area (Å²) in [7, 11) is 1.59. The number of amides is 1. The van der Waals surface area contributed by atoms with Crippen molar-refractivity contribution in [3.63, 3.8) is 0 Å². The van der Waals surface area contributed by atoms with E-state index < -0.39 is 0 Å². The van der Waals surface area contributed by atoms with Gasteiger partial charge in [0.15, 0.2) is 0 Å². The molecule has 0 aliphatic carbocycles. The fourth-order valence-electron chi connectivity index (χ4n) is 2.66. The predicted octanol–water partition coefficient (Wildman–Crippen LogP) is 5.63. The SMILES string of the molecule is COc1cccc(Oc2ccc(Cl)cc2C(=O)N[C@@H](C)c2ccccc2)c1. The molecule has 0 saturated heterocycles. The lowest BCUT2D eigenvalue weighted by atomic mass is 10.1. The van der Waals surface area contributed by atoms with Gasteiger partial charge in [0.05, 0.1) is 18.7 Å². The molecule has 0 aliphatic rings. The third kappa shape index (κ3) is 4.80. The summed E-state index contributed by atoms with van der Waals surface area (Å²) < 4.78 is 11.1. The van der Waals surface area contributed by atoms with E-state index in [0.29, 0.717) is 27.8 Å². The minimum Gasteiger partial charge on any atom is -0.497 e. The van der Waals surface area contributed by atoms with Crippen LogP contribution in [0.2, 0.25) is 5.02 Å². The van der Waals surface area contributed by atoms with Gasteiger partial charge in [-0.05, 0) is 42.8 Å². The van der Waals surface area contributed by atoms with Gasteiger partial charge in [-0.15, -0.1) is 0 Å². The number of hydrogen-bond donors (Lipinski definition) is 1. The topological polar surface area (TPSA) is 47.6 Å². The van der Waals surface area contributed by atoms with Crippen molar-refractivity contribution in [2.75, 3.05) is 7.11 Å². The fraction of sp³-hybridized carbons (Fsp3) is 0.136. The number of benzene rings is 3. The van der Waals surface area contributed by atoms with Crippen LogP contribution >= 0.6 is 11.6 Å². The lowest BCUT2D eigenvalue weighted by Gasteiger charge is -2.17. The van der Waals surface area contributed by atoms with Crippen molar-refractivity contribution >= 4 is 17.5 Å². The molecule has 27 heavy (non-hydrogen) atoms. The normalized spacial score (nSPS) is 11.5. The molecule has 0 heterocycles. The van der Waals surface area contributed by atoms with Crippen LogP contribution in [-0.2, 0) is 0 Å². The number of carbonyl (C=O) groups excluding carboxylic acids is 1. The van der Waals surface area contributed by atoms with E-state index in [2.05, 4.69) is 5.32 Å².